The third-order valence-electron chi connectivity index (χ3n) is 4.40. The number of likely N-dealkylation sites (N-methyl/N-ethyl adjacent to an activating group) is 1. The first kappa shape index (κ1) is 22.4. The fourth-order valence-corrected chi connectivity index (χ4v) is 3.59. The van der Waals surface area contributed by atoms with E-state index in [1.165, 1.54) is 4.88 Å². The zero-order valence-electron chi connectivity index (χ0n) is 16.2. The molecule has 0 saturated carbocycles. The van der Waals surface area contributed by atoms with E-state index in [4.69, 9.17) is 0 Å². The molecule has 1 aromatic carbocycles. The quantitative estimate of drug-likeness (QED) is 0.305. The summed E-state index contributed by atoms with van der Waals surface area (Å²) in [6.45, 7) is 3.23. The molecule has 0 atom stereocenters. The number of aromatic nitrogens is 2. The van der Waals surface area contributed by atoms with E-state index >= 15 is 0 Å². The van der Waals surface area contributed by atoms with Gasteiger partial charge in [0.05, 0.1) is 5.69 Å². The van der Waals surface area contributed by atoms with E-state index in [1.54, 1.807) is 47.5 Å². The second kappa shape index (κ2) is 10.6. The Morgan fingerprint density at radius 3 is 2.79 bits per heavy atom. The Morgan fingerprint density at radius 1 is 1.36 bits per heavy atom. The summed E-state index contributed by atoms with van der Waals surface area (Å²) in [7, 11) is 3.77. The van der Waals surface area contributed by atoms with Crippen LogP contribution in [0.25, 0.3) is 5.69 Å². The summed E-state index contributed by atoms with van der Waals surface area (Å²) in [5.74, 6) is 1.28. The lowest BCUT2D eigenvalue weighted by molar-refractivity contribution is 0.486. The van der Waals surface area contributed by atoms with E-state index in [0.717, 1.165) is 30.3 Å². The Balaban J connectivity index is 0.00000280. The molecule has 0 aliphatic heterocycles. The molecule has 0 spiro atoms. The largest absolute Gasteiger partial charge is 0.352 e. The van der Waals surface area contributed by atoms with Crippen LogP contribution in [-0.2, 0) is 13.0 Å². The smallest absolute Gasteiger partial charge is 0.193 e. The number of rotatable bonds is 6. The molecule has 0 bridgehead atoms. The third-order valence-corrected chi connectivity index (χ3v) is 5.33. The van der Waals surface area contributed by atoms with Gasteiger partial charge in [-0.25, -0.2) is 9.37 Å². The summed E-state index contributed by atoms with van der Waals surface area (Å²) in [4.78, 5) is 11.9. The molecule has 0 radical (unpaired) electrons. The lowest BCUT2D eigenvalue weighted by Crippen LogP contribution is -2.39. The lowest BCUT2D eigenvalue weighted by Gasteiger charge is -2.22. The average Bonchev–Trinajstić information content (AvgIpc) is 3.32. The Labute approximate surface area is 186 Å². The fourth-order valence-electron chi connectivity index (χ4n) is 2.89. The molecule has 2 heterocycles. The second-order valence-electron chi connectivity index (χ2n) is 6.28. The molecule has 0 aliphatic rings. The molecule has 8 heteroatoms. The van der Waals surface area contributed by atoms with Gasteiger partial charge >= 0.3 is 0 Å². The van der Waals surface area contributed by atoms with Crippen LogP contribution in [0.3, 0.4) is 0 Å². The van der Waals surface area contributed by atoms with Crippen molar-refractivity contribution in [1.82, 2.24) is 19.8 Å². The van der Waals surface area contributed by atoms with Crippen molar-refractivity contribution in [2.24, 2.45) is 4.99 Å². The third kappa shape index (κ3) is 5.54. The Kier molecular flexibility index (Phi) is 8.43. The minimum absolute atomic E-state index is 0. The number of aliphatic imine (C=N–C) groups is 1. The van der Waals surface area contributed by atoms with Gasteiger partial charge in [0, 0.05) is 44.5 Å². The van der Waals surface area contributed by atoms with E-state index in [9.17, 15) is 4.39 Å². The van der Waals surface area contributed by atoms with Crippen LogP contribution in [0.2, 0.25) is 0 Å². The Hall–Kier alpha value is -1.94. The Bertz CT molecular complexity index is 907. The lowest BCUT2D eigenvalue weighted by atomic mass is 10.2. The van der Waals surface area contributed by atoms with Crippen LogP contribution in [0.5, 0.6) is 0 Å². The van der Waals surface area contributed by atoms with Crippen LogP contribution >= 0.6 is 35.3 Å². The van der Waals surface area contributed by atoms with Gasteiger partial charge in [-0.2, -0.15) is 0 Å². The molecule has 3 aromatic rings. The van der Waals surface area contributed by atoms with E-state index < -0.39 is 0 Å². The first-order chi connectivity index (χ1) is 13.1. The van der Waals surface area contributed by atoms with Gasteiger partial charge in [0.15, 0.2) is 5.96 Å². The fraction of sp³-hybridized carbons (Fsp3) is 0.300. The van der Waals surface area contributed by atoms with Gasteiger partial charge in [0.1, 0.15) is 11.6 Å². The molecule has 5 nitrogen and oxygen atoms in total. The number of imidazole rings is 1. The van der Waals surface area contributed by atoms with Gasteiger partial charge in [-0.15, -0.1) is 35.3 Å². The maximum Gasteiger partial charge on any atom is 0.193 e. The molecule has 0 aliphatic carbocycles. The Morgan fingerprint density at radius 2 is 2.18 bits per heavy atom. The molecule has 0 amide bonds. The van der Waals surface area contributed by atoms with Gasteiger partial charge in [0.2, 0.25) is 0 Å². The number of nitrogens with one attached hydrogen (secondary N) is 1. The van der Waals surface area contributed by atoms with Gasteiger partial charge in [0.25, 0.3) is 0 Å². The highest BCUT2D eigenvalue weighted by Gasteiger charge is 2.10. The van der Waals surface area contributed by atoms with Crippen molar-refractivity contribution in [2.45, 2.75) is 19.9 Å². The SMILES string of the molecule is CN=C(NCc1ccc(-n2ccnc2C)c(F)c1)N(C)CCc1cccs1.I. The summed E-state index contributed by atoms with van der Waals surface area (Å²) < 4.78 is 16.3. The van der Waals surface area contributed by atoms with Crippen molar-refractivity contribution in [2.75, 3.05) is 20.6 Å². The molecular formula is C20H25FIN5S. The number of thiophene rings is 1. The summed E-state index contributed by atoms with van der Waals surface area (Å²) >= 11 is 1.76. The molecule has 3 rings (SSSR count). The zero-order chi connectivity index (χ0) is 19.2. The van der Waals surface area contributed by atoms with Crippen LogP contribution in [-0.4, -0.2) is 41.1 Å². The van der Waals surface area contributed by atoms with Gasteiger partial charge in [-0.3, -0.25) is 4.99 Å². The summed E-state index contributed by atoms with van der Waals surface area (Å²) in [6, 6.07) is 9.46. The van der Waals surface area contributed by atoms with Gasteiger partial charge in [-0.1, -0.05) is 12.1 Å². The summed E-state index contributed by atoms with van der Waals surface area (Å²) in [6.07, 6.45) is 4.40. The minimum atomic E-state index is -0.267. The molecular weight excluding hydrogens is 488 g/mol. The first-order valence-corrected chi connectivity index (χ1v) is 9.69. The molecule has 28 heavy (non-hydrogen) atoms. The van der Waals surface area contributed by atoms with Gasteiger partial charge < -0.3 is 14.8 Å². The molecule has 0 fully saturated rings. The number of hydrogen-bond acceptors (Lipinski definition) is 3. The minimum Gasteiger partial charge on any atom is -0.352 e. The zero-order valence-corrected chi connectivity index (χ0v) is 19.4. The van der Waals surface area contributed by atoms with Crippen LogP contribution in [0, 0.1) is 12.7 Å². The maximum atomic E-state index is 14.5. The maximum absolute atomic E-state index is 14.5. The number of nitrogens with zero attached hydrogens (tertiary/aromatic N) is 4. The van der Waals surface area contributed by atoms with E-state index in [-0.39, 0.29) is 29.8 Å². The average molecular weight is 513 g/mol. The summed E-state index contributed by atoms with van der Waals surface area (Å²) in [5, 5.41) is 5.39. The summed E-state index contributed by atoms with van der Waals surface area (Å²) in [5.41, 5.74) is 1.37. The molecule has 0 unspecified atom stereocenters. The van der Waals surface area contributed by atoms with Crippen molar-refractivity contribution >= 4 is 41.3 Å². The normalized spacial score (nSPS) is 11.2. The molecule has 0 saturated heterocycles. The predicted molar refractivity (Wildman–Crippen MR) is 125 cm³/mol. The number of aryl methyl sites for hydroxylation is 1. The van der Waals surface area contributed by atoms with Crippen LogP contribution < -0.4 is 5.32 Å². The highest BCUT2D eigenvalue weighted by molar-refractivity contribution is 14.0. The number of guanidine groups is 1. The van der Waals surface area contributed by atoms with Crippen molar-refractivity contribution in [1.29, 1.82) is 0 Å². The molecule has 2 aromatic heterocycles. The van der Waals surface area contributed by atoms with Crippen LogP contribution in [0.4, 0.5) is 4.39 Å². The van der Waals surface area contributed by atoms with Crippen molar-refractivity contribution in [3.8, 4) is 5.69 Å². The number of halogens is 2. The van der Waals surface area contributed by atoms with E-state index in [0.29, 0.717) is 12.2 Å². The second-order valence-corrected chi connectivity index (χ2v) is 7.31. The molecule has 1 N–H and O–H groups in total. The first-order valence-electron chi connectivity index (χ1n) is 8.81. The van der Waals surface area contributed by atoms with E-state index in [2.05, 4.69) is 37.7 Å². The van der Waals surface area contributed by atoms with Crippen LogP contribution in [0.1, 0.15) is 16.3 Å². The van der Waals surface area contributed by atoms with E-state index in [1.807, 2.05) is 20.0 Å². The molecule has 150 valence electrons. The highest BCUT2D eigenvalue weighted by atomic mass is 127. The van der Waals surface area contributed by atoms with Crippen molar-refractivity contribution in [3.05, 3.63) is 70.2 Å². The van der Waals surface area contributed by atoms with Crippen molar-refractivity contribution in [3.63, 3.8) is 0 Å². The monoisotopic (exact) mass is 513 g/mol. The standard InChI is InChI=1S/C20H24FN5S.HI/c1-15-23-9-11-26(15)19-7-6-16(13-18(19)21)14-24-20(22-2)25(3)10-8-17-5-4-12-27-17;/h4-7,9,11-13H,8,10,14H2,1-3H3,(H,22,24);1H. The predicted octanol–water partition coefficient (Wildman–Crippen LogP) is 4.25. The highest BCUT2D eigenvalue weighted by Crippen LogP contribution is 2.17. The van der Waals surface area contributed by atoms with Gasteiger partial charge in [-0.05, 0) is 42.5 Å². The van der Waals surface area contributed by atoms with Crippen molar-refractivity contribution < 1.29 is 4.39 Å². The number of hydrogen-bond donors (Lipinski definition) is 1. The van der Waals surface area contributed by atoms with Crippen LogP contribution in [0.15, 0.2) is 53.1 Å². The number of benzene rings is 1. The topological polar surface area (TPSA) is 45.5 Å².